The van der Waals surface area contributed by atoms with Gasteiger partial charge in [0.05, 0.1) is 31.4 Å². The number of thiophene rings is 1. The van der Waals surface area contributed by atoms with Gasteiger partial charge in [-0.15, -0.1) is 23.1 Å². The fourth-order valence-corrected chi connectivity index (χ4v) is 17.2. The Kier molecular flexibility index (Phi) is 37.5. The largest absolute Gasteiger partial charge is 0.508 e. The lowest BCUT2D eigenvalue weighted by Crippen LogP contribution is -2.62. The Hall–Kier alpha value is -11.9. The van der Waals surface area contributed by atoms with Crippen molar-refractivity contribution in [1.29, 1.82) is 0 Å². The van der Waals surface area contributed by atoms with E-state index in [4.69, 9.17) is 22.9 Å². The van der Waals surface area contributed by atoms with E-state index in [2.05, 4.69) is 58.2 Å². The Labute approximate surface area is 736 Å². The zero-order chi connectivity index (χ0) is 92.3. The molecule has 17 amide bonds. The molecule has 0 aliphatic carbocycles. The summed E-state index contributed by atoms with van der Waals surface area (Å²) in [7, 11) is 3.93. The summed E-state index contributed by atoms with van der Waals surface area (Å²) in [5.74, 6) is -17.1. The molecule has 15 atom stereocenters. The maximum absolute atomic E-state index is 15.6. The third kappa shape index (κ3) is 26.8. The molecule has 3 aliphatic rings. The first kappa shape index (κ1) is 99.6. The van der Waals surface area contributed by atoms with E-state index in [9.17, 15) is 72.9 Å². The van der Waals surface area contributed by atoms with Gasteiger partial charge < -0.3 is 121 Å². The number of fused-ring (bicyclic) bond motifs is 4. The number of hydrogen-bond acceptors (Lipinski definition) is 24. The van der Waals surface area contributed by atoms with Crippen LogP contribution >= 0.6 is 23.1 Å². The van der Waals surface area contributed by atoms with Gasteiger partial charge in [0.25, 0.3) is 0 Å². The lowest BCUT2D eigenvalue weighted by Gasteiger charge is -2.36. The molecule has 5 aromatic rings. The van der Waals surface area contributed by atoms with Crippen LogP contribution in [-0.4, -0.2) is 308 Å². The molecule has 1 unspecified atom stereocenters. The Morgan fingerprint density at radius 1 is 0.548 bits per heavy atom. The highest BCUT2D eigenvalue weighted by Gasteiger charge is 2.46. The summed E-state index contributed by atoms with van der Waals surface area (Å²) in [5, 5.41) is 61.4. The van der Waals surface area contributed by atoms with Crippen LogP contribution in [0.2, 0.25) is 0 Å². The van der Waals surface area contributed by atoms with Crippen molar-refractivity contribution >= 4 is 145 Å². The highest BCUT2D eigenvalue weighted by atomic mass is 32.2. The third-order valence-electron chi connectivity index (χ3n) is 22.6. The fourth-order valence-electron chi connectivity index (χ4n) is 15.3. The number of phenolic OH excluding ortho intramolecular Hbond substituents is 1. The number of nitrogens with zero attached hydrogens (tertiary/aromatic N) is 5. The molecule has 2 aromatic heterocycles. The van der Waals surface area contributed by atoms with Gasteiger partial charge in [-0.3, -0.25) is 81.5 Å². The molecular formula is C84H118N20O20S2. The molecule has 5 heterocycles. The minimum absolute atomic E-state index is 0.00654. The van der Waals surface area contributed by atoms with Crippen molar-refractivity contribution in [2.24, 2.45) is 22.9 Å². The van der Waals surface area contributed by atoms with Crippen LogP contribution in [0.25, 0.3) is 21.0 Å². The zero-order valence-electron chi connectivity index (χ0n) is 71.7. The van der Waals surface area contributed by atoms with Crippen LogP contribution in [0.5, 0.6) is 5.75 Å². The monoisotopic (exact) mass is 1790 g/mol. The van der Waals surface area contributed by atoms with Crippen molar-refractivity contribution in [2.45, 2.75) is 215 Å². The van der Waals surface area contributed by atoms with Gasteiger partial charge >= 0.3 is 0 Å². The minimum Gasteiger partial charge on any atom is -0.508 e. The van der Waals surface area contributed by atoms with Crippen LogP contribution < -0.4 is 76.1 Å². The van der Waals surface area contributed by atoms with Gasteiger partial charge in [0.15, 0.2) is 0 Å². The van der Waals surface area contributed by atoms with Gasteiger partial charge in [0, 0.05) is 94.0 Å². The molecule has 126 heavy (non-hydrogen) atoms. The molecule has 3 fully saturated rings. The standard InChI is InChI=1S/C84H118N20O20S2/c1-8-10-22-63-77(117)93-55(21-16-30-85)73(113)99-62(72(112)90-39-69(88)109)43-125-44-70(110)92-57(32-47-26-28-50(106)29-27-47)81(121)100(5)46(4)71(111)95-59(36-68(87)108)83(123)103-31-17-24-64(103)78(118)97-60(37-86)75(115)91-45(3)80(120)104-40-51(107)35-66(104)79(119)94-56(33-48-38-89-54-20-14-12-18-52(48)54)74(114)98-61(41-105)76(116)96-58(34-49-42-126-67-25-15-13-19-53(49)67)82(122)102(7)65(23-11-9-2)84(124)101(63)6/h12-15,18-20,25-29,38,42,45-46,51,55-66,89,105-107H,8-11,16-17,21-24,30-37,39-41,43-44,85-86H2,1-7H3,(H2,87,108)(H2,88,109)(H,90,112)(H,91,115)(H,92,110)(H,93,117)(H,94,119)(H,95,111)(H,96,116)(H,97,118)(H,98,114)(H,99,113)/t45-,46-,51+,55-,56-,57-,58-,59-,60-,61-,62-,63-,64-,65-,66?/m0/s1. The third-order valence-corrected chi connectivity index (χ3v) is 24.6. The molecule has 8 rings (SSSR count). The number of aromatic amines is 1. The van der Waals surface area contributed by atoms with Crippen molar-refractivity contribution in [3.8, 4) is 5.75 Å². The van der Waals surface area contributed by atoms with Crippen LogP contribution in [0.15, 0.2) is 84.4 Å². The number of rotatable bonds is 22. The second-order valence-electron chi connectivity index (χ2n) is 31.8. The quantitative estimate of drug-likeness (QED) is 0.0316. The van der Waals surface area contributed by atoms with E-state index >= 15 is 24.0 Å². The number of aliphatic hydroxyl groups is 2. The predicted molar refractivity (Wildman–Crippen MR) is 465 cm³/mol. The second kappa shape index (κ2) is 47.5. The number of phenols is 1. The number of primary amides is 2. The number of amides is 17. The maximum atomic E-state index is 15.6. The van der Waals surface area contributed by atoms with E-state index in [0.29, 0.717) is 53.3 Å². The molecule has 22 N–H and O–H groups in total. The summed E-state index contributed by atoms with van der Waals surface area (Å²) in [6.45, 7) is 3.29. The van der Waals surface area contributed by atoms with E-state index in [0.717, 1.165) is 41.4 Å². The molecular weight excluding hydrogens is 1670 g/mol. The summed E-state index contributed by atoms with van der Waals surface area (Å²) in [4.78, 5) is 254. The number of thioether (sulfide) groups is 1. The number of aliphatic hydroxyl groups excluding tert-OH is 2. The molecule has 0 saturated carbocycles. The van der Waals surface area contributed by atoms with E-state index in [-0.39, 0.29) is 83.0 Å². The average molecular weight is 1790 g/mol. The van der Waals surface area contributed by atoms with Gasteiger partial charge in [-0.25, -0.2) is 0 Å². The first-order valence-corrected chi connectivity index (χ1v) is 44.1. The van der Waals surface area contributed by atoms with E-state index < -0.39 is 235 Å². The van der Waals surface area contributed by atoms with Crippen LogP contribution in [0, 0.1) is 0 Å². The normalized spacial score (nSPS) is 25.7. The number of carbonyl (C=O) groups is 17. The van der Waals surface area contributed by atoms with Crippen LogP contribution in [0.4, 0.5) is 0 Å². The summed E-state index contributed by atoms with van der Waals surface area (Å²) in [5.41, 5.74) is 25.2. The van der Waals surface area contributed by atoms with Gasteiger partial charge in [-0.05, 0) is 111 Å². The van der Waals surface area contributed by atoms with E-state index in [1.807, 2.05) is 32.0 Å². The molecule has 42 heteroatoms. The number of para-hydroxylation sites is 1. The van der Waals surface area contributed by atoms with Crippen LogP contribution in [-0.2, 0) is 101 Å². The Bertz CT molecular complexity index is 4740. The summed E-state index contributed by atoms with van der Waals surface area (Å²) in [6, 6.07) is -1.69. The lowest BCUT2D eigenvalue weighted by atomic mass is 10.00. The molecule has 3 aliphatic heterocycles. The number of aromatic nitrogens is 1. The van der Waals surface area contributed by atoms with Crippen molar-refractivity contribution in [3.63, 3.8) is 0 Å². The first-order valence-electron chi connectivity index (χ1n) is 42.1. The van der Waals surface area contributed by atoms with Crippen molar-refractivity contribution in [2.75, 3.05) is 72.0 Å². The number of nitrogens with one attached hydrogen (secondary N) is 11. The number of aromatic hydroxyl groups is 1. The van der Waals surface area contributed by atoms with E-state index in [1.54, 1.807) is 41.9 Å². The highest BCUT2D eigenvalue weighted by Crippen LogP contribution is 2.30. The molecule has 40 nitrogen and oxygen atoms in total. The summed E-state index contributed by atoms with van der Waals surface area (Å²) >= 11 is 2.13. The zero-order valence-corrected chi connectivity index (χ0v) is 73.3. The van der Waals surface area contributed by atoms with Gasteiger partial charge in [0.1, 0.15) is 90.3 Å². The fraction of sp³-hybridized carbons (Fsp3) is 0.536. The number of unbranched alkanes of at least 4 members (excludes halogenated alkanes) is 2. The highest BCUT2D eigenvalue weighted by molar-refractivity contribution is 8.00. The Morgan fingerprint density at radius 2 is 1.13 bits per heavy atom. The molecule has 3 saturated heterocycles. The van der Waals surface area contributed by atoms with Crippen molar-refractivity contribution < 1.29 is 96.8 Å². The Morgan fingerprint density at radius 3 is 1.79 bits per heavy atom. The first-order chi connectivity index (χ1) is 60.0. The second-order valence-corrected chi connectivity index (χ2v) is 33.8. The predicted octanol–water partition coefficient (Wildman–Crippen LogP) is -3.75. The number of likely N-dealkylation sites (N-methyl/N-ethyl adjacent to an activating group) is 3. The molecule has 0 spiro atoms. The van der Waals surface area contributed by atoms with Crippen molar-refractivity contribution in [1.82, 2.24) is 82.7 Å². The number of hydrogen-bond donors (Lipinski definition) is 18. The van der Waals surface area contributed by atoms with Crippen molar-refractivity contribution in [3.05, 3.63) is 101 Å². The van der Waals surface area contributed by atoms with Crippen LogP contribution in [0.3, 0.4) is 0 Å². The maximum Gasteiger partial charge on any atom is 0.246 e. The summed E-state index contributed by atoms with van der Waals surface area (Å²) < 4.78 is 0.820. The Balaban J connectivity index is 1.16. The van der Waals surface area contributed by atoms with E-state index in [1.165, 1.54) is 75.5 Å². The molecule has 0 bridgehead atoms. The molecule has 0 radical (unpaired) electrons. The molecule has 686 valence electrons. The number of nitrogens with two attached hydrogens (primary N) is 4. The number of benzene rings is 3. The van der Waals surface area contributed by atoms with Gasteiger partial charge in [-0.1, -0.05) is 88.1 Å². The number of carbonyl (C=O) groups excluding carboxylic acids is 17. The SMILES string of the molecule is CCCC[C@H]1C(=O)N(C)[C@@H](CCCC)C(=O)N[C@@H](CCCN)C(=O)N[C@H](C(=O)NCC(N)=O)CSCC(=O)N[C@@H](Cc2ccc(O)cc2)C(=O)N(C)[C@@H](C)C(=O)N[C@@H](CC(N)=O)C(=O)N2CCC[C@H]2C(=O)N[C@@H](CN)C(=O)N[C@@H](C)C(=O)N2C[C@H](O)CC2C(=O)N[C@@H](Cc2c[nH]c3ccccc23)C(=O)N[C@@H](CO)C(=O)N[C@@H](Cc2csc3ccccc23)C(=O)N1C. The number of H-pyrrole nitrogens is 1. The van der Waals surface area contributed by atoms with Crippen LogP contribution in [0.1, 0.15) is 121 Å². The van der Waals surface area contributed by atoms with Gasteiger partial charge in [-0.2, -0.15) is 0 Å². The smallest absolute Gasteiger partial charge is 0.246 e. The summed E-state index contributed by atoms with van der Waals surface area (Å²) in [6.07, 6.45) is 0.223. The minimum atomic E-state index is -1.86. The topological polar surface area (TPSA) is 607 Å². The average Bonchev–Trinajstić information content (AvgIpc) is 1.55. The lowest BCUT2D eigenvalue weighted by molar-refractivity contribution is -0.149. The molecule has 3 aromatic carbocycles. The van der Waals surface area contributed by atoms with Gasteiger partial charge in [0.2, 0.25) is 100 Å².